The van der Waals surface area contributed by atoms with E-state index >= 15 is 0 Å². The second-order valence-electron chi connectivity index (χ2n) is 2.50. The summed E-state index contributed by atoms with van der Waals surface area (Å²) in [6.45, 7) is 4.28. The van der Waals surface area contributed by atoms with Crippen molar-refractivity contribution in [3.8, 4) is 0 Å². The van der Waals surface area contributed by atoms with Gasteiger partial charge in [0.05, 0.1) is 0 Å². The van der Waals surface area contributed by atoms with Crippen molar-refractivity contribution in [3.05, 3.63) is 11.6 Å². The van der Waals surface area contributed by atoms with Crippen molar-refractivity contribution in [1.29, 1.82) is 0 Å². The minimum atomic E-state index is 1.07. The Morgan fingerprint density at radius 3 is 3.00 bits per heavy atom. The lowest BCUT2D eigenvalue weighted by Gasteiger charge is -2.26. The maximum Gasteiger partial charge on any atom is 0.186 e. The molecule has 0 amide bonds. The number of nitrogens with one attached hydrogen (secondary N) is 1. The summed E-state index contributed by atoms with van der Waals surface area (Å²) in [7, 11) is 0. The lowest BCUT2D eigenvalue weighted by molar-refractivity contribution is 0.588. The Morgan fingerprint density at radius 2 is 2.36 bits per heavy atom. The van der Waals surface area contributed by atoms with Crippen LogP contribution in [0.15, 0.2) is 5.38 Å². The van der Waals surface area contributed by atoms with Gasteiger partial charge in [-0.05, 0) is 0 Å². The van der Waals surface area contributed by atoms with Gasteiger partial charge in [-0.2, -0.15) is 0 Å². The average Bonchev–Trinajstić information content (AvgIpc) is 2.58. The Bertz CT molecular complexity index is 203. The largest absolute Gasteiger partial charge is 0.346 e. The lowest BCUT2D eigenvalue weighted by Crippen LogP contribution is -2.43. The van der Waals surface area contributed by atoms with E-state index in [4.69, 9.17) is 0 Å². The third-order valence-electron chi connectivity index (χ3n) is 1.76. The van der Waals surface area contributed by atoms with E-state index in [1.807, 2.05) is 5.38 Å². The summed E-state index contributed by atoms with van der Waals surface area (Å²) in [5, 5.41) is 6.31. The van der Waals surface area contributed by atoms with Gasteiger partial charge in [-0.25, -0.2) is 4.98 Å². The van der Waals surface area contributed by atoms with Gasteiger partial charge in [0.25, 0.3) is 0 Å². The van der Waals surface area contributed by atoms with E-state index in [-0.39, 0.29) is 0 Å². The molecule has 0 aromatic carbocycles. The maximum atomic E-state index is 4.13. The highest BCUT2D eigenvalue weighted by molar-refractivity contribution is 7.13. The molecule has 0 aliphatic carbocycles. The molecule has 3 nitrogen and oxygen atoms in total. The molecule has 1 aliphatic rings. The van der Waals surface area contributed by atoms with E-state index < -0.39 is 0 Å². The number of anilines is 1. The number of rotatable bonds is 1. The van der Waals surface area contributed by atoms with Crippen molar-refractivity contribution >= 4 is 16.5 Å². The maximum absolute atomic E-state index is 4.13. The molecule has 2 rings (SSSR count). The van der Waals surface area contributed by atoms with Gasteiger partial charge in [0, 0.05) is 31.6 Å². The Morgan fingerprint density at radius 1 is 1.55 bits per heavy atom. The van der Waals surface area contributed by atoms with E-state index in [0.29, 0.717) is 0 Å². The first-order chi connectivity index (χ1) is 5.47. The van der Waals surface area contributed by atoms with E-state index in [1.54, 1.807) is 11.3 Å². The van der Waals surface area contributed by atoms with Crippen molar-refractivity contribution in [3.63, 3.8) is 0 Å². The molecule has 2 heterocycles. The third-order valence-corrected chi connectivity index (χ3v) is 2.55. The minimum Gasteiger partial charge on any atom is -0.346 e. The second-order valence-corrected chi connectivity index (χ2v) is 3.33. The molecule has 0 atom stereocenters. The zero-order valence-electron chi connectivity index (χ0n) is 6.21. The molecular formula is C7H10N3S. The van der Waals surface area contributed by atoms with Crippen molar-refractivity contribution in [2.24, 2.45) is 0 Å². The smallest absolute Gasteiger partial charge is 0.186 e. The summed E-state index contributed by atoms with van der Waals surface area (Å²) < 4.78 is 0. The zero-order valence-corrected chi connectivity index (χ0v) is 7.02. The molecule has 1 aliphatic heterocycles. The van der Waals surface area contributed by atoms with Gasteiger partial charge in [-0.15, -0.1) is 11.3 Å². The second kappa shape index (κ2) is 3.19. The minimum absolute atomic E-state index is 1.07. The van der Waals surface area contributed by atoms with Crippen LogP contribution in [0.2, 0.25) is 0 Å². The van der Waals surface area contributed by atoms with Gasteiger partial charge in [0.1, 0.15) is 6.20 Å². The summed E-state index contributed by atoms with van der Waals surface area (Å²) in [6, 6.07) is 0. The van der Waals surface area contributed by atoms with E-state index in [9.17, 15) is 0 Å². The topological polar surface area (TPSA) is 28.2 Å². The van der Waals surface area contributed by atoms with Crippen LogP contribution in [0.1, 0.15) is 0 Å². The third kappa shape index (κ3) is 1.52. The fourth-order valence-electron chi connectivity index (χ4n) is 1.19. The molecule has 0 saturated carbocycles. The molecule has 1 aromatic rings. The van der Waals surface area contributed by atoms with Gasteiger partial charge in [0.15, 0.2) is 5.13 Å². The van der Waals surface area contributed by atoms with Crippen molar-refractivity contribution in [2.75, 3.05) is 31.1 Å². The summed E-state index contributed by atoms with van der Waals surface area (Å²) >= 11 is 1.66. The average molecular weight is 168 g/mol. The first-order valence-corrected chi connectivity index (χ1v) is 4.62. The van der Waals surface area contributed by atoms with Crippen LogP contribution < -0.4 is 10.2 Å². The summed E-state index contributed by atoms with van der Waals surface area (Å²) in [5.41, 5.74) is 0. The normalized spacial score (nSPS) is 18.7. The van der Waals surface area contributed by atoms with Crippen LogP contribution in [0.25, 0.3) is 0 Å². The molecule has 0 bridgehead atoms. The van der Waals surface area contributed by atoms with Crippen LogP contribution >= 0.6 is 11.3 Å². The molecule has 1 fully saturated rings. The van der Waals surface area contributed by atoms with Gasteiger partial charge in [-0.1, -0.05) is 0 Å². The molecule has 4 heteroatoms. The van der Waals surface area contributed by atoms with Crippen molar-refractivity contribution in [2.45, 2.75) is 0 Å². The summed E-state index contributed by atoms with van der Waals surface area (Å²) in [4.78, 5) is 6.42. The van der Waals surface area contributed by atoms with Gasteiger partial charge < -0.3 is 10.2 Å². The van der Waals surface area contributed by atoms with Crippen LogP contribution in [-0.2, 0) is 0 Å². The van der Waals surface area contributed by atoms with Crippen LogP contribution in [0.3, 0.4) is 0 Å². The Hall–Kier alpha value is -0.610. The van der Waals surface area contributed by atoms with Crippen LogP contribution in [-0.4, -0.2) is 31.2 Å². The van der Waals surface area contributed by atoms with Crippen LogP contribution in [0, 0.1) is 6.20 Å². The Kier molecular flexibility index (Phi) is 2.05. The summed E-state index contributed by atoms with van der Waals surface area (Å²) in [5.74, 6) is 0. The zero-order chi connectivity index (χ0) is 7.52. The van der Waals surface area contributed by atoms with E-state index in [1.165, 1.54) is 0 Å². The SMILES string of the molecule is [c]1csc(N2CCNCC2)n1. The first-order valence-electron chi connectivity index (χ1n) is 3.74. The quantitative estimate of drug-likeness (QED) is 0.656. The Labute approximate surface area is 70.1 Å². The number of hydrogen-bond donors (Lipinski definition) is 1. The predicted octanol–water partition coefficient (Wildman–Crippen LogP) is 0.353. The molecular weight excluding hydrogens is 158 g/mol. The Balaban J connectivity index is 2.04. The molecule has 1 aromatic heterocycles. The molecule has 1 saturated heterocycles. The highest BCUT2D eigenvalue weighted by Crippen LogP contribution is 2.16. The fraction of sp³-hybridized carbons (Fsp3) is 0.571. The lowest BCUT2D eigenvalue weighted by atomic mass is 10.4. The molecule has 0 spiro atoms. The number of aromatic nitrogens is 1. The number of hydrogen-bond acceptors (Lipinski definition) is 4. The molecule has 0 unspecified atom stereocenters. The summed E-state index contributed by atoms with van der Waals surface area (Å²) in [6.07, 6.45) is 2.83. The number of piperazine rings is 1. The molecule has 1 radical (unpaired) electrons. The molecule has 11 heavy (non-hydrogen) atoms. The number of thiazole rings is 1. The van der Waals surface area contributed by atoms with Crippen molar-refractivity contribution < 1.29 is 0 Å². The van der Waals surface area contributed by atoms with Crippen LogP contribution in [0.4, 0.5) is 5.13 Å². The van der Waals surface area contributed by atoms with E-state index in [0.717, 1.165) is 31.3 Å². The first kappa shape index (κ1) is 7.06. The van der Waals surface area contributed by atoms with Gasteiger partial charge in [0.2, 0.25) is 0 Å². The highest BCUT2D eigenvalue weighted by Gasteiger charge is 2.11. The number of nitrogens with zero attached hydrogens (tertiary/aromatic N) is 2. The standard InChI is InChI=1S/C7H10N3S/c1-4-10(5-2-8-1)7-9-3-6-11-7/h6,8H,1-2,4-5H2. The highest BCUT2D eigenvalue weighted by atomic mass is 32.1. The molecule has 59 valence electrons. The van der Waals surface area contributed by atoms with Gasteiger partial charge in [-0.3, -0.25) is 0 Å². The van der Waals surface area contributed by atoms with Crippen molar-refractivity contribution in [1.82, 2.24) is 10.3 Å². The van der Waals surface area contributed by atoms with Crippen LogP contribution in [0.5, 0.6) is 0 Å². The fourth-order valence-corrected chi connectivity index (χ4v) is 1.84. The molecule has 1 N–H and O–H groups in total. The monoisotopic (exact) mass is 168 g/mol. The van der Waals surface area contributed by atoms with E-state index in [2.05, 4.69) is 21.4 Å². The predicted molar refractivity (Wildman–Crippen MR) is 46.0 cm³/mol. The van der Waals surface area contributed by atoms with Gasteiger partial charge >= 0.3 is 0 Å².